The molecule has 0 saturated heterocycles. The maximum absolute atomic E-state index is 13.2. The second kappa shape index (κ2) is 9.04. The van der Waals surface area contributed by atoms with Crippen molar-refractivity contribution in [3.05, 3.63) is 101 Å². The number of benzene rings is 3. The molecule has 1 aliphatic heterocycles. The number of ether oxygens (including phenoxy) is 1. The van der Waals surface area contributed by atoms with Crippen molar-refractivity contribution in [1.82, 2.24) is 5.32 Å². The van der Waals surface area contributed by atoms with Gasteiger partial charge in [-0.2, -0.15) is 0 Å². The summed E-state index contributed by atoms with van der Waals surface area (Å²) in [6.45, 7) is 0. The van der Waals surface area contributed by atoms with Crippen LogP contribution in [-0.4, -0.2) is 36.8 Å². The minimum absolute atomic E-state index is 0.0506. The summed E-state index contributed by atoms with van der Waals surface area (Å²) in [5, 5.41) is 2.63. The summed E-state index contributed by atoms with van der Waals surface area (Å²) < 4.78 is 18.0. The Balaban J connectivity index is 1.57. The molecule has 1 N–H and O–H groups in total. The molecule has 1 aliphatic rings. The summed E-state index contributed by atoms with van der Waals surface area (Å²) in [6, 6.07) is 17.3. The number of esters is 1. The third-order valence-corrected chi connectivity index (χ3v) is 5.31. The third kappa shape index (κ3) is 4.36. The van der Waals surface area contributed by atoms with Crippen LogP contribution in [0.2, 0.25) is 0 Å². The molecule has 3 aromatic carbocycles. The lowest BCUT2D eigenvalue weighted by Gasteiger charge is -2.17. The number of nitrogens with zero attached hydrogens (tertiary/aromatic N) is 1. The summed E-state index contributed by atoms with van der Waals surface area (Å²) in [5.41, 5.74) is 1.35. The van der Waals surface area contributed by atoms with Gasteiger partial charge in [0.15, 0.2) is 0 Å². The van der Waals surface area contributed by atoms with Crippen molar-refractivity contribution in [3.8, 4) is 0 Å². The molecule has 1 heterocycles. The van der Waals surface area contributed by atoms with Crippen LogP contribution in [-0.2, 0) is 16.0 Å². The zero-order valence-corrected chi connectivity index (χ0v) is 17.6. The van der Waals surface area contributed by atoms with Gasteiger partial charge in [-0.05, 0) is 48.0 Å². The van der Waals surface area contributed by atoms with Gasteiger partial charge in [-0.3, -0.25) is 14.4 Å². The molecule has 4 rings (SSSR count). The number of hydrogen-bond acceptors (Lipinski definition) is 5. The van der Waals surface area contributed by atoms with Crippen LogP contribution >= 0.6 is 0 Å². The van der Waals surface area contributed by atoms with Crippen LogP contribution in [0.1, 0.15) is 36.6 Å². The molecule has 3 aromatic rings. The van der Waals surface area contributed by atoms with Crippen molar-refractivity contribution < 1.29 is 28.3 Å². The van der Waals surface area contributed by atoms with Gasteiger partial charge < -0.3 is 10.1 Å². The van der Waals surface area contributed by atoms with Crippen molar-refractivity contribution in [2.24, 2.45) is 0 Å². The van der Waals surface area contributed by atoms with E-state index in [0.717, 1.165) is 22.6 Å². The van der Waals surface area contributed by atoms with E-state index in [0.29, 0.717) is 0 Å². The first-order chi connectivity index (χ1) is 15.9. The van der Waals surface area contributed by atoms with Gasteiger partial charge in [-0.25, -0.2) is 14.1 Å². The van der Waals surface area contributed by atoms with Crippen molar-refractivity contribution in [1.29, 1.82) is 0 Å². The highest BCUT2D eigenvalue weighted by atomic mass is 19.1. The topological polar surface area (TPSA) is 92.8 Å². The first kappa shape index (κ1) is 21.9. The fraction of sp³-hybridized carbons (Fsp3) is 0.120. The fourth-order valence-electron chi connectivity index (χ4n) is 3.63. The zero-order valence-electron chi connectivity index (χ0n) is 17.6. The lowest BCUT2D eigenvalue weighted by molar-refractivity contribution is -0.142. The number of fused-ring (bicyclic) bond motifs is 1. The molecule has 0 unspecified atom stereocenters. The first-order valence-corrected chi connectivity index (χ1v) is 10.1. The summed E-state index contributed by atoms with van der Waals surface area (Å²) in [5.74, 6) is -2.88. The molecule has 8 heteroatoms. The number of anilines is 1. The number of nitrogens with one attached hydrogen (secondary N) is 1. The van der Waals surface area contributed by atoms with Gasteiger partial charge in [0.2, 0.25) is 0 Å². The molecule has 0 radical (unpaired) electrons. The SMILES string of the molecule is COC(=O)[C@H](Cc1ccccc1)NC(=O)c1ccc2c(c1)C(=O)N(c1ccc(F)cc1)C2=O. The Morgan fingerprint density at radius 1 is 0.939 bits per heavy atom. The van der Waals surface area contributed by atoms with Crippen molar-refractivity contribution >= 4 is 29.4 Å². The number of amides is 3. The van der Waals surface area contributed by atoms with Crippen LogP contribution < -0.4 is 10.2 Å². The fourth-order valence-corrected chi connectivity index (χ4v) is 3.63. The van der Waals surface area contributed by atoms with Crippen LogP contribution in [0, 0.1) is 5.82 Å². The predicted octanol–water partition coefficient (Wildman–Crippen LogP) is 3.14. The largest absolute Gasteiger partial charge is 0.467 e. The number of halogens is 1. The van der Waals surface area contributed by atoms with Crippen LogP contribution in [0.5, 0.6) is 0 Å². The van der Waals surface area contributed by atoms with E-state index in [2.05, 4.69) is 5.32 Å². The number of imide groups is 1. The first-order valence-electron chi connectivity index (χ1n) is 10.1. The number of methoxy groups -OCH3 is 1. The molecule has 0 fully saturated rings. The van der Waals surface area contributed by atoms with Gasteiger partial charge in [0.25, 0.3) is 17.7 Å². The molecule has 0 aromatic heterocycles. The van der Waals surface area contributed by atoms with E-state index in [1.807, 2.05) is 30.3 Å². The van der Waals surface area contributed by atoms with E-state index in [-0.39, 0.29) is 28.8 Å². The summed E-state index contributed by atoms with van der Waals surface area (Å²) in [7, 11) is 1.23. The van der Waals surface area contributed by atoms with Crippen molar-refractivity contribution in [3.63, 3.8) is 0 Å². The normalized spacial score (nSPS) is 13.5. The van der Waals surface area contributed by atoms with E-state index in [1.54, 1.807) is 0 Å². The molecular formula is C25H19FN2O5. The Kier molecular flexibility index (Phi) is 5.99. The van der Waals surface area contributed by atoms with E-state index in [9.17, 15) is 23.6 Å². The monoisotopic (exact) mass is 446 g/mol. The van der Waals surface area contributed by atoms with E-state index in [4.69, 9.17) is 4.74 Å². The molecular weight excluding hydrogens is 427 g/mol. The molecule has 3 amide bonds. The van der Waals surface area contributed by atoms with E-state index >= 15 is 0 Å². The zero-order chi connectivity index (χ0) is 23.5. The van der Waals surface area contributed by atoms with Gasteiger partial charge in [0.1, 0.15) is 11.9 Å². The van der Waals surface area contributed by atoms with Crippen LogP contribution in [0.4, 0.5) is 10.1 Å². The molecule has 166 valence electrons. The van der Waals surface area contributed by atoms with E-state index < -0.39 is 35.5 Å². The van der Waals surface area contributed by atoms with Crippen LogP contribution in [0.25, 0.3) is 0 Å². The number of rotatable bonds is 6. The second-order valence-corrected chi connectivity index (χ2v) is 7.42. The third-order valence-electron chi connectivity index (χ3n) is 5.31. The minimum Gasteiger partial charge on any atom is -0.467 e. The lowest BCUT2D eigenvalue weighted by atomic mass is 10.0. The Hall–Kier alpha value is -4.33. The Morgan fingerprint density at radius 2 is 1.61 bits per heavy atom. The van der Waals surface area contributed by atoms with Gasteiger partial charge >= 0.3 is 5.97 Å². The molecule has 0 saturated carbocycles. The maximum Gasteiger partial charge on any atom is 0.328 e. The highest BCUT2D eigenvalue weighted by Crippen LogP contribution is 2.29. The highest BCUT2D eigenvalue weighted by molar-refractivity contribution is 6.34. The number of carbonyl (C=O) groups excluding carboxylic acids is 4. The molecule has 7 nitrogen and oxygen atoms in total. The predicted molar refractivity (Wildman–Crippen MR) is 117 cm³/mol. The van der Waals surface area contributed by atoms with Crippen LogP contribution in [0.3, 0.4) is 0 Å². The highest BCUT2D eigenvalue weighted by Gasteiger charge is 2.37. The Morgan fingerprint density at radius 3 is 2.27 bits per heavy atom. The maximum atomic E-state index is 13.2. The average Bonchev–Trinajstić information content (AvgIpc) is 3.08. The van der Waals surface area contributed by atoms with Gasteiger partial charge in [-0.1, -0.05) is 30.3 Å². The molecule has 0 bridgehead atoms. The summed E-state index contributed by atoms with van der Waals surface area (Å²) >= 11 is 0. The van der Waals surface area contributed by atoms with Gasteiger partial charge in [0.05, 0.1) is 23.9 Å². The van der Waals surface area contributed by atoms with Crippen LogP contribution in [0.15, 0.2) is 72.8 Å². The Bertz CT molecular complexity index is 1240. The smallest absolute Gasteiger partial charge is 0.328 e. The molecule has 0 aliphatic carbocycles. The van der Waals surface area contributed by atoms with Gasteiger partial charge in [-0.15, -0.1) is 0 Å². The number of hydrogen-bond donors (Lipinski definition) is 1. The quantitative estimate of drug-likeness (QED) is 0.464. The van der Waals surface area contributed by atoms with Crippen molar-refractivity contribution in [2.75, 3.05) is 12.0 Å². The average molecular weight is 446 g/mol. The number of carbonyl (C=O) groups is 4. The summed E-state index contributed by atoms with van der Waals surface area (Å²) in [4.78, 5) is 51.6. The summed E-state index contributed by atoms with van der Waals surface area (Å²) in [6.07, 6.45) is 0.222. The second-order valence-electron chi connectivity index (χ2n) is 7.42. The molecule has 1 atom stereocenters. The van der Waals surface area contributed by atoms with E-state index in [1.165, 1.54) is 37.4 Å². The lowest BCUT2D eigenvalue weighted by Crippen LogP contribution is -2.43. The molecule has 0 spiro atoms. The molecule has 33 heavy (non-hydrogen) atoms. The van der Waals surface area contributed by atoms with Gasteiger partial charge in [0, 0.05) is 12.0 Å². The van der Waals surface area contributed by atoms with Crippen molar-refractivity contribution in [2.45, 2.75) is 12.5 Å². The minimum atomic E-state index is -0.939. The Labute approximate surface area is 188 Å². The standard InChI is InChI=1S/C25H19FN2O5/c1-33-25(32)21(13-15-5-3-2-4-6-15)27-22(29)16-7-12-19-20(14-16)24(31)28(23(19)30)18-10-8-17(26)9-11-18/h2-12,14,21H,13H2,1H3,(H,27,29)/t21-/m0/s1.